The minimum atomic E-state index is -0.0333. The van der Waals surface area contributed by atoms with E-state index in [0.717, 1.165) is 32.7 Å². The van der Waals surface area contributed by atoms with Gasteiger partial charge in [0.15, 0.2) is 0 Å². The summed E-state index contributed by atoms with van der Waals surface area (Å²) in [7, 11) is 0. The van der Waals surface area contributed by atoms with Gasteiger partial charge in [-0.2, -0.15) is 0 Å². The van der Waals surface area contributed by atoms with Crippen molar-refractivity contribution in [2.24, 2.45) is 0 Å². The molecule has 0 unspecified atom stereocenters. The second-order valence-electron chi connectivity index (χ2n) is 6.09. The summed E-state index contributed by atoms with van der Waals surface area (Å²) in [6, 6.07) is 17.5. The molecule has 0 aromatic heterocycles. The van der Waals surface area contributed by atoms with Crippen molar-refractivity contribution in [3.63, 3.8) is 0 Å². The number of para-hydroxylation sites is 1. The maximum atomic E-state index is 12.1. The van der Waals surface area contributed by atoms with Crippen LogP contribution in [0, 0.1) is 0 Å². The first kappa shape index (κ1) is 19.6. The summed E-state index contributed by atoms with van der Waals surface area (Å²) in [5.74, 6) is -0.0333. The molecule has 0 spiro atoms. The van der Waals surface area contributed by atoms with Crippen molar-refractivity contribution >= 4 is 23.2 Å². The van der Waals surface area contributed by atoms with Crippen LogP contribution in [-0.4, -0.2) is 45.2 Å². The fourth-order valence-corrected chi connectivity index (χ4v) is 3.15. The molecule has 1 heterocycles. The first-order valence-electron chi connectivity index (χ1n) is 8.40. The number of amides is 1. The lowest BCUT2D eigenvalue weighted by Crippen LogP contribution is -3.15. The number of nitrogens with zero attached hydrogens (tertiary/aromatic N) is 1. The molecule has 0 radical (unpaired) electrons. The number of piperazine rings is 1. The number of carbonyl (C=O) groups is 1. The number of hydrogen-bond donors (Lipinski definition) is 2. The van der Waals surface area contributed by atoms with Crippen molar-refractivity contribution in [1.82, 2.24) is 5.32 Å². The summed E-state index contributed by atoms with van der Waals surface area (Å²) in [6.45, 7) is 5.98. The molecule has 6 heteroatoms. The fraction of sp³-hybridized carbons (Fsp3) is 0.316. The van der Waals surface area contributed by atoms with Crippen molar-refractivity contribution in [2.45, 2.75) is 0 Å². The highest BCUT2D eigenvalue weighted by atomic mass is 35.5. The van der Waals surface area contributed by atoms with E-state index >= 15 is 0 Å². The second kappa shape index (κ2) is 9.66. The van der Waals surface area contributed by atoms with Crippen molar-refractivity contribution in [2.75, 3.05) is 44.2 Å². The normalized spacial score (nSPS) is 14.7. The Balaban J connectivity index is 0.00000225. The number of anilines is 1. The maximum Gasteiger partial charge on any atom is 0.251 e. The van der Waals surface area contributed by atoms with Crippen LogP contribution in [0.15, 0.2) is 54.6 Å². The summed E-state index contributed by atoms with van der Waals surface area (Å²) >= 11 is 5.84. The summed E-state index contributed by atoms with van der Waals surface area (Å²) < 4.78 is 0. The Kier molecular flexibility index (Phi) is 7.56. The molecule has 3 rings (SSSR count). The van der Waals surface area contributed by atoms with E-state index in [-0.39, 0.29) is 18.3 Å². The number of hydrogen-bond acceptors (Lipinski definition) is 2. The van der Waals surface area contributed by atoms with Gasteiger partial charge in [0.1, 0.15) is 0 Å². The van der Waals surface area contributed by atoms with Crippen LogP contribution in [0.4, 0.5) is 5.69 Å². The maximum absolute atomic E-state index is 12.1. The van der Waals surface area contributed by atoms with Gasteiger partial charge in [-0.1, -0.05) is 29.8 Å². The number of benzene rings is 2. The van der Waals surface area contributed by atoms with E-state index in [1.165, 1.54) is 5.69 Å². The Morgan fingerprint density at radius 2 is 1.68 bits per heavy atom. The summed E-state index contributed by atoms with van der Waals surface area (Å²) in [6.07, 6.45) is 0. The predicted molar refractivity (Wildman–Crippen MR) is 98.0 cm³/mol. The standard InChI is InChI=1S/C19H22ClN3O.ClH/c20-17-8-6-16(7-9-17)19(24)21-10-11-22-12-14-23(15-13-22)18-4-2-1-3-5-18;/h1-9H,10-15H2,(H,21,24);1H. The smallest absolute Gasteiger partial charge is 0.251 e. The predicted octanol–water partition coefficient (Wildman–Crippen LogP) is -1.52. The minimum Gasteiger partial charge on any atom is -1.00 e. The van der Waals surface area contributed by atoms with Crippen molar-refractivity contribution < 1.29 is 22.1 Å². The monoisotopic (exact) mass is 379 g/mol. The Labute approximate surface area is 160 Å². The van der Waals surface area contributed by atoms with Crippen molar-refractivity contribution in [1.29, 1.82) is 0 Å². The van der Waals surface area contributed by atoms with Gasteiger partial charge in [0.2, 0.25) is 0 Å². The average molecular weight is 380 g/mol. The number of rotatable bonds is 5. The zero-order valence-corrected chi connectivity index (χ0v) is 15.6. The number of carbonyl (C=O) groups excluding carboxylic acids is 1. The van der Waals surface area contributed by atoms with E-state index in [1.807, 2.05) is 6.07 Å². The lowest BCUT2D eigenvalue weighted by molar-refractivity contribution is -0.899. The largest absolute Gasteiger partial charge is 1.00 e. The quantitative estimate of drug-likeness (QED) is 0.661. The third-order valence-corrected chi connectivity index (χ3v) is 4.71. The van der Waals surface area contributed by atoms with Crippen molar-refractivity contribution in [3.8, 4) is 0 Å². The van der Waals surface area contributed by atoms with Crippen LogP contribution in [0.1, 0.15) is 10.4 Å². The van der Waals surface area contributed by atoms with Crippen LogP contribution in [-0.2, 0) is 0 Å². The molecule has 0 saturated carbocycles. The first-order chi connectivity index (χ1) is 11.7. The molecule has 1 amide bonds. The molecule has 2 aromatic rings. The Bertz CT molecular complexity index is 656. The highest BCUT2D eigenvalue weighted by molar-refractivity contribution is 6.30. The molecule has 1 fully saturated rings. The molecule has 0 bridgehead atoms. The Hall–Kier alpha value is -1.75. The zero-order chi connectivity index (χ0) is 16.8. The lowest BCUT2D eigenvalue weighted by atomic mass is 10.2. The van der Waals surface area contributed by atoms with Gasteiger partial charge in [-0.15, -0.1) is 0 Å². The van der Waals surface area contributed by atoms with E-state index in [2.05, 4.69) is 34.5 Å². The van der Waals surface area contributed by atoms with E-state index in [1.54, 1.807) is 29.2 Å². The van der Waals surface area contributed by atoms with Gasteiger partial charge >= 0.3 is 0 Å². The molecule has 2 aromatic carbocycles. The molecule has 2 N–H and O–H groups in total. The molecule has 0 aliphatic carbocycles. The number of halogens is 2. The molecule has 25 heavy (non-hydrogen) atoms. The van der Waals surface area contributed by atoms with Crippen LogP contribution in [0.5, 0.6) is 0 Å². The third kappa shape index (κ3) is 5.63. The highest BCUT2D eigenvalue weighted by Gasteiger charge is 2.19. The summed E-state index contributed by atoms with van der Waals surface area (Å²) in [5, 5.41) is 3.64. The SMILES string of the molecule is O=C(NCC[NH+]1CCN(c2ccccc2)CC1)c1ccc(Cl)cc1.[Cl-]. The van der Waals surface area contributed by atoms with Gasteiger partial charge in [-0.05, 0) is 36.4 Å². The van der Waals surface area contributed by atoms with Crippen LogP contribution < -0.4 is 27.5 Å². The van der Waals surface area contributed by atoms with Gasteiger partial charge in [-0.3, -0.25) is 4.79 Å². The molecule has 1 aliphatic heterocycles. The number of quaternary nitrogens is 1. The van der Waals surface area contributed by atoms with Gasteiger partial charge in [-0.25, -0.2) is 0 Å². The lowest BCUT2D eigenvalue weighted by Gasteiger charge is -2.33. The summed E-state index contributed by atoms with van der Waals surface area (Å²) in [4.78, 5) is 16.0. The van der Waals surface area contributed by atoms with Gasteiger partial charge in [0.25, 0.3) is 5.91 Å². The first-order valence-corrected chi connectivity index (χ1v) is 8.77. The second-order valence-corrected chi connectivity index (χ2v) is 6.52. The Morgan fingerprint density at radius 1 is 1.04 bits per heavy atom. The van der Waals surface area contributed by atoms with Gasteiger partial charge in [0, 0.05) is 16.3 Å². The summed E-state index contributed by atoms with van der Waals surface area (Å²) in [5.41, 5.74) is 1.95. The molecule has 1 aliphatic rings. The molecule has 4 nitrogen and oxygen atoms in total. The highest BCUT2D eigenvalue weighted by Crippen LogP contribution is 2.12. The van der Waals surface area contributed by atoms with E-state index in [9.17, 15) is 4.79 Å². The van der Waals surface area contributed by atoms with Crippen LogP contribution in [0.3, 0.4) is 0 Å². The van der Waals surface area contributed by atoms with E-state index in [0.29, 0.717) is 17.1 Å². The van der Waals surface area contributed by atoms with Crippen LogP contribution in [0.2, 0.25) is 5.02 Å². The molecular formula is C19H23Cl2N3O. The average Bonchev–Trinajstić information content (AvgIpc) is 2.63. The third-order valence-electron chi connectivity index (χ3n) is 4.46. The van der Waals surface area contributed by atoms with Crippen LogP contribution in [0.25, 0.3) is 0 Å². The van der Waals surface area contributed by atoms with Gasteiger partial charge in [0.05, 0.1) is 39.3 Å². The minimum absolute atomic E-state index is 0. The molecule has 1 saturated heterocycles. The van der Waals surface area contributed by atoms with E-state index < -0.39 is 0 Å². The fourth-order valence-electron chi connectivity index (χ4n) is 3.03. The zero-order valence-electron chi connectivity index (χ0n) is 14.1. The molecule has 134 valence electrons. The number of nitrogens with one attached hydrogen (secondary N) is 2. The molecular weight excluding hydrogens is 357 g/mol. The molecule has 0 atom stereocenters. The Morgan fingerprint density at radius 3 is 2.32 bits per heavy atom. The van der Waals surface area contributed by atoms with Crippen LogP contribution >= 0.6 is 11.6 Å². The topological polar surface area (TPSA) is 36.8 Å². The van der Waals surface area contributed by atoms with E-state index in [4.69, 9.17) is 11.6 Å². The van der Waals surface area contributed by atoms with Crippen molar-refractivity contribution in [3.05, 3.63) is 65.2 Å². The van der Waals surface area contributed by atoms with Gasteiger partial charge < -0.3 is 27.5 Å².